The lowest BCUT2D eigenvalue weighted by atomic mass is 9.87. The second kappa shape index (κ2) is 11.5. The predicted octanol–water partition coefficient (Wildman–Crippen LogP) is 4.65. The first kappa shape index (κ1) is 20.0. The molecule has 0 heterocycles. The first-order valence-corrected chi connectivity index (χ1v) is 9.38. The van der Waals surface area contributed by atoms with E-state index < -0.39 is 0 Å². The summed E-state index contributed by atoms with van der Waals surface area (Å²) in [6.45, 7) is 6.64. The summed E-state index contributed by atoms with van der Waals surface area (Å²) in [5, 5.41) is 0. The van der Waals surface area contributed by atoms with E-state index in [9.17, 15) is 9.59 Å². The zero-order chi connectivity index (χ0) is 17.1. The fraction of sp³-hybridized carbons (Fsp3) is 0.895. The zero-order valence-corrected chi connectivity index (χ0v) is 15.1. The lowest BCUT2D eigenvalue weighted by molar-refractivity contribution is -0.151. The first-order valence-electron chi connectivity index (χ1n) is 9.38. The molecule has 1 aliphatic carbocycles. The molecule has 1 saturated carbocycles. The maximum atomic E-state index is 11.7. The van der Waals surface area contributed by atoms with Crippen LogP contribution < -0.4 is 0 Å². The molecule has 0 aromatic rings. The quantitative estimate of drug-likeness (QED) is 0.548. The van der Waals surface area contributed by atoms with Crippen molar-refractivity contribution < 1.29 is 19.1 Å². The van der Waals surface area contributed by atoms with Gasteiger partial charge in [-0.15, -0.1) is 0 Å². The van der Waals surface area contributed by atoms with E-state index in [1.54, 1.807) is 0 Å². The maximum Gasteiger partial charge on any atom is 0.306 e. The molecule has 1 unspecified atom stereocenters. The van der Waals surface area contributed by atoms with Crippen molar-refractivity contribution in [3.05, 3.63) is 0 Å². The highest BCUT2D eigenvalue weighted by atomic mass is 16.5. The normalized spacial score (nSPS) is 17.0. The molecular weight excluding hydrogens is 292 g/mol. The molecule has 1 rings (SSSR count). The number of rotatable bonds is 10. The number of hydrogen-bond donors (Lipinski definition) is 0. The minimum Gasteiger partial charge on any atom is -0.466 e. The first-order chi connectivity index (χ1) is 11.0. The van der Waals surface area contributed by atoms with E-state index in [0.29, 0.717) is 31.8 Å². The summed E-state index contributed by atoms with van der Waals surface area (Å²) in [6.07, 6.45) is 9.43. The number of hydrogen-bond acceptors (Lipinski definition) is 4. The van der Waals surface area contributed by atoms with Crippen molar-refractivity contribution in [3.8, 4) is 0 Å². The van der Waals surface area contributed by atoms with E-state index >= 15 is 0 Å². The minimum atomic E-state index is -0.208. The summed E-state index contributed by atoms with van der Waals surface area (Å²) >= 11 is 0. The standard InChI is InChI=1S/C19H34O4/c1-4-17(15(2)3)23-19(21)12-8-11-18(20)22-14-13-16-9-6-5-7-10-16/h15-17H,4-14H2,1-3H3. The molecule has 0 aliphatic heterocycles. The molecule has 0 bridgehead atoms. The van der Waals surface area contributed by atoms with E-state index in [2.05, 4.69) is 0 Å². The lowest BCUT2D eigenvalue weighted by Gasteiger charge is -2.21. The maximum absolute atomic E-state index is 11.7. The summed E-state index contributed by atoms with van der Waals surface area (Å²) < 4.78 is 10.7. The van der Waals surface area contributed by atoms with Crippen LogP contribution in [0.3, 0.4) is 0 Å². The lowest BCUT2D eigenvalue weighted by Crippen LogP contribution is -2.22. The van der Waals surface area contributed by atoms with Gasteiger partial charge in [0, 0.05) is 12.8 Å². The van der Waals surface area contributed by atoms with Crippen LogP contribution in [0.1, 0.15) is 85.0 Å². The Bertz CT molecular complexity index is 345. The molecule has 0 saturated heterocycles. The Kier molecular flexibility index (Phi) is 9.97. The van der Waals surface area contributed by atoms with Crippen molar-refractivity contribution in [3.63, 3.8) is 0 Å². The Balaban J connectivity index is 2.05. The molecule has 0 spiro atoms. The van der Waals surface area contributed by atoms with Crippen LogP contribution >= 0.6 is 0 Å². The van der Waals surface area contributed by atoms with Gasteiger partial charge in [-0.25, -0.2) is 0 Å². The van der Waals surface area contributed by atoms with Crippen LogP contribution in [0.25, 0.3) is 0 Å². The van der Waals surface area contributed by atoms with Gasteiger partial charge in [0.05, 0.1) is 6.61 Å². The highest BCUT2D eigenvalue weighted by Gasteiger charge is 2.17. The Labute approximate surface area is 141 Å². The molecule has 4 heteroatoms. The molecule has 0 aromatic heterocycles. The van der Waals surface area contributed by atoms with Crippen molar-refractivity contribution in [1.29, 1.82) is 0 Å². The average Bonchev–Trinajstić information content (AvgIpc) is 2.53. The monoisotopic (exact) mass is 326 g/mol. The largest absolute Gasteiger partial charge is 0.466 e. The molecule has 23 heavy (non-hydrogen) atoms. The van der Waals surface area contributed by atoms with Crippen molar-refractivity contribution in [2.75, 3.05) is 6.61 Å². The third-order valence-corrected chi connectivity index (χ3v) is 4.70. The van der Waals surface area contributed by atoms with Crippen LogP contribution in [0.15, 0.2) is 0 Å². The number of esters is 2. The third kappa shape index (κ3) is 8.97. The molecule has 134 valence electrons. The van der Waals surface area contributed by atoms with Crippen LogP contribution in [0, 0.1) is 11.8 Å². The van der Waals surface area contributed by atoms with Gasteiger partial charge in [0.1, 0.15) is 6.10 Å². The molecule has 4 nitrogen and oxygen atoms in total. The van der Waals surface area contributed by atoms with E-state index in [-0.39, 0.29) is 18.0 Å². The van der Waals surface area contributed by atoms with E-state index in [1.165, 1.54) is 32.1 Å². The van der Waals surface area contributed by atoms with Crippen LogP contribution in [-0.2, 0) is 19.1 Å². The molecular formula is C19H34O4. The van der Waals surface area contributed by atoms with Crippen LogP contribution in [0.4, 0.5) is 0 Å². The molecule has 0 radical (unpaired) electrons. The van der Waals surface area contributed by atoms with Gasteiger partial charge < -0.3 is 9.47 Å². The Hall–Kier alpha value is -1.06. The zero-order valence-electron chi connectivity index (χ0n) is 15.1. The predicted molar refractivity (Wildman–Crippen MR) is 91.0 cm³/mol. The number of carbonyl (C=O) groups is 2. The van der Waals surface area contributed by atoms with Crippen molar-refractivity contribution in [2.24, 2.45) is 11.8 Å². The second-order valence-corrected chi connectivity index (χ2v) is 7.05. The summed E-state index contributed by atoms with van der Waals surface area (Å²) in [5.74, 6) is 0.660. The molecule has 1 aliphatic rings. The van der Waals surface area contributed by atoms with Gasteiger partial charge in [0.25, 0.3) is 0 Å². The molecule has 1 fully saturated rings. The summed E-state index contributed by atoms with van der Waals surface area (Å²) in [7, 11) is 0. The summed E-state index contributed by atoms with van der Waals surface area (Å²) in [5.41, 5.74) is 0. The van der Waals surface area contributed by atoms with Crippen molar-refractivity contribution in [1.82, 2.24) is 0 Å². The molecule has 0 amide bonds. The Morgan fingerprint density at radius 2 is 1.70 bits per heavy atom. The highest BCUT2D eigenvalue weighted by Crippen LogP contribution is 2.26. The van der Waals surface area contributed by atoms with Crippen molar-refractivity contribution in [2.45, 2.75) is 91.1 Å². The Morgan fingerprint density at radius 3 is 2.30 bits per heavy atom. The SMILES string of the molecule is CCC(OC(=O)CCCC(=O)OCCC1CCCCC1)C(C)C. The van der Waals surface area contributed by atoms with E-state index in [0.717, 1.165) is 18.8 Å². The van der Waals surface area contributed by atoms with Gasteiger partial charge in [-0.1, -0.05) is 52.9 Å². The van der Waals surface area contributed by atoms with Crippen LogP contribution in [0.2, 0.25) is 0 Å². The van der Waals surface area contributed by atoms with Crippen LogP contribution in [0.5, 0.6) is 0 Å². The molecule has 0 aromatic carbocycles. The summed E-state index contributed by atoms with van der Waals surface area (Å²) in [4.78, 5) is 23.4. The van der Waals surface area contributed by atoms with Crippen LogP contribution in [-0.4, -0.2) is 24.6 Å². The topological polar surface area (TPSA) is 52.6 Å². The third-order valence-electron chi connectivity index (χ3n) is 4.70. The average molecular weight is 326 g/mol. The van der Waals surface area contributed by atoms with Gasteiger partial charge in [-0.05, 0) is 31.1 Å². The van der Waals surface area contributed by atoms with Gasteiger partial charge >= 0.3 is 11.9 Å². The van der Waals surface area contributed by atoms with Gasteiger partial charge in [0.15, 0.2) is 0 Å². The minimum absolute atomic E-state index is 0.0232. The fourth-order valence-corrected chi connectivity index (χ4v) is 3.18. The van der Waals surface area contributed by atoms with Gasteiger partial charge in [-0.3, -0.25) is 9.59 Å². The van der Waals surface area contributed by atoms with E-state index in [1.807, 2.05) is 20.8 Å². The summed E-state index contributed by atoms with van der Waals surface area (Å²) in [6, 6.07) is 0. The highest BCUT2D eigenvalue weighted by molar-refractivity contribution is 5.72. The second-order valence-electron chi connectivity index (χ2n) is 7.05. The van der Waals surface area contributed by atoms with E-state index in [4.69, 9.17) is 9.47 Å². The Morgan fingerprint density at radius 1 is 1.04 bits per heavy atom. The van der Waals surface area contributed by atoms with Gasteiger partial charge in [0.2, 0.25) is 0 Å². The van der Waals surface area contributed by atoms with Gasteiger partial charge in [-0.2, -0.15) is 0 Å². The van der Waals surface area contributed by atoms with Crippen molar-refractivity contribution >= 4 is 11.9 Å². The molecule has 0 N–H and O–H groups in total. The smallest absolute Gasteiger partial charge is 0.306 e. The number of ether oxygens (including phenoxy) is 2. The molecule has 1 atom stereocenters. The number of carbonyl (C=O) groups excluding carboxylic acids is 2. The fourth-order valence-electron chi connectivity index (χ4n) is 3.18.